The molecule has 256 valence electrons. The lowest BCUT2D eigenvalue weighted by molar-refractivity contribution is 0.0519. The Kier molecular flexibility index (Phi) is 7.78. The average molecular weight is 664 g/mol. The molecular formula is C45H49N3O2. The van der Waals surface area contributed by atoms with E-state index in [0.717, 1.165) is 50.6 Å². The molecule has 0 N–H and O–H groups in total. The third kappa shape index (κ3) is 5.67. The maximum Gasteiger partial charge on any atom is 0.218 e. The Balaban J connectivity index is 1.35. The van der Waals surface area contributed by atoms with E-state index >= 15 is 0 Å². The first-order chi connectivity index (χ1) is 23.5. The van der Waals surface area contributed by atoms with Crippen LogP contribution in [-0.2, 0) is 21.1 Å². The predicted octanol–water partition coefficient (Wildman–Crippen LogP) is 11.7. The number of fused-ring (bicyclic) bond motifs is 3. The van der Waals surface area contributed by atoms with Gasteiger partial charge in [-0.05, 0) is 116 Å². The normalized spacial score (nSPS) is 17.6. The van der Waals surface area contributed by atoms with Crippen LogP contribution in [0, 0.1) is 13.8 Å². The van der Waals surface area contributed by atoms with E-state index in [4.69, 9.17) is 19.5 Å². The molecule has 0 radical (unpaired) electrons. The molecule has 4 aromatic carbocycles. The van der Waals surface area contributed by atoms with Crippen molar-refractivity contribution >= 4 is 27.7 Å². The van der Waals surface area contributed by atoms with Crippen molar-refractivity contribution in [2.45, 2.75) is 98.1 Å². The van der Waals surface area contributed by atoms with Crippen molar-refractivity contribution in [1.29, 1.82) is 0 Å². The molecule has 0 amide bonds. The van der Waals surface area contributed by atoms with E-state index in [1.807, 2.05) is 12.3 Å². The van der Waals surface area contributed by atoms with Gasteiger partial charge in [0.05, 0.1) is 11.0 Å². The molecule has 1 aliphatic rings. The van der Waals surface area contributed by atoms with Crippen molar-refractivity contribution in [3.63, 3.8) is 0 Å². The van der Waals surface area contributed by atoms with Gasteiger partial charge in [0.15, 0.2) is 0 Å². The van der Waals surface area contributed by atoms with Crippen molar-refractivity contribution < 1.29 is 9.47 Å². The van der Waals surface area contributed by atoms with Gasteiger partial charge in [0.1, 0.15) is 28.5 Å². The highest BCUT2D eigenvalue weighted by Crippen LogP contribution is 2.46. The highest BCUT2D eigenvalue weighted by atomic mass is 16.5. The van der Waals surface area contributed by atoms with Gasteiger partial charge in [0.25, 0.3) is 0 Å². The molecule has 5 heteroatoms. The van der Waals surface area contributed by atoms with Gasteiger partial charge in [-0.15, -0.1) is 0 Å². The standard InChI is InChI=1S/C45H49N3O2/c1-28-23-29(2)39(27-35(28)41-47-45(11,44(9,10)50-41)30-15-13-12-14-16-30)49-33-18-19-34-36-24-31(42(3,4)5)17-20-37(36)48(38(34)26-33)40-25-32(21-22-46-40)43(6,7)8/h12-27H,1-11H3/t45-/m1/s1. The van der Waals surface area contributed by atoms with E-state index in [0.29, 0.717) is 5.90 Å². The summed E-state index contributed by atoms with van der Waals surface area (Å²) in [6, 6.07) is 32.2. The summed E-state index contributed by atoms with van der Waals surface area (Å²) >= 11 is 0. The minimum absolute atomic E-state index is 0.00806. The summed E-state index contributed by atoms with van der Waals surface area (Å²) in [5, 5.41) is 2.37. The zero-order chi connectivity index (χ0) is 35.8. The Morgan fingerprint density at radius 1 is 0.680 bits per heavy atom. The van der Waals surface area contributed by atoms with Crippen LogP contribution in [0.1, 0.15) is 95.7 Å². The molecule has 0 saturated heterocycles. The van der Waals surface area contributed by atoms with Crippen LogP contribution in [0.4, 0.5) is 0 Å². The third-order valence-electron chi connectivity index (χ3n) is 10.6. The highest BCUT2D eigenvalue weighted by molar-refractivity contribution is 6.10. The number of ether oxygens (including phenoxy) is 2. The summed E-state index contributed by atoms with van der Waals surface area (Å²) in [6.07, 6.45) is 1.92. The molecule has 0 bridgehead atoms. The molecule has 0 unspecified atom stereocenters. The number of nitrogens with zero attached hydrogens (tertiary/aromatic N) is 3. The van der Waals surface area contributed by atoms with Crippen LogP contribution >= 0.6 is 0 Å². The summed E-state index contributed by atoms with van der Waals surface area (Å²) in [7, 11) is 0. The van der Waals surface area contributed by atoms with Crippen LogP contribution in [0.2, 0.25) is 0 Å². The molecule has 6 aromatic rings. The topological polar surface area (TPSA) is 48.6 Å². The van der Waals surface area contributed by atoms with Crippen molar-refractivity contribution in [3.8, 4) is 17.3 Å². The maximum atomic E-state index is 6.76. The van der Waals surface area contributed by atoms with E-state index in [1.165, 1.54) is 21.9 Å². The van der Waals surface area contributed by atoms with Crippen molar-refractivity contribution in [3.05, 3.63) is 131 Å². The predicted molar refractivity (Wildman–Crippen MR) is 207 cm³/mol. The van der Waals surface area contributed by atoms with Gasteiger partial charge in [-0.3, -0.25) is 4.57 Å². The van der Waals surface area contributed by atoms with Crippen LogP contribution in [0.15, 0.2) is 102 Å². The highest BCUT2D eigenvalue weighted by Gasteiger charge is 2.50. The molecule has 0 aliphatic carbocycles. The zero-order valence-electron chi connectivity index (χ0n) is 31.4. The first-order valence-corrected chi connectivity index (χ1v) is 17.7. The lowest BCUT2D eigenvalue weighted by atomic mass is 9.79. The quantitative estimate of drug-likeness (QED) is 0.184. The van der Waals surface area contributed by atoms with E-state index in [1.54, 1.807) is 0 Å². The second-order valence-electron chi connectivity index (χ2n) is 16.7. The number of hydrogen-bond acceptors (Lipinski definition) is 4. The number of aryl methyl sites for hydroxylation is 2. The van der Waals surface area contributed by atoms with Crippen LogP contribution in [0.25, 0.3) is 27.6 Å². The number of hydrogen-bond donors (Lipinski definition) is 0. The van der Waals surface area contributed by atoms with E-state index in [9.17, 15) is 0 Å². The van der Waals surface area contributed by atoms with Gasteiger partial charge in [-0.25, -0.2) is 9.98 Å². The van der Waals surface area contributed by atoms with Gasteiger partial charge < -0.3 is 9.47 Å². The molecule has 5 nitrogen and oxygen atoms in total. The molecule has 3 heterocycles. The van der Waals surface area contributed by atoms with E-state index in [2.05, 4.69) is 166 Å². The first-order valence-electron chi connectivity index (χ1n) is 17.7. The molecule has 1 aliphatic heterocycles. The second kappa shape index (κ2) is 11.6. The molecular weight excluding hydrogens is 615 g/mol. The molecule has 1 atom stereocenters. The molecule has 50 heavy (non-hydrogen) atoms. The Labute approximate surface area is 297 Å². The Hall–Kier alpha value is -4.90. The van der Waals surface area contributed by atoms with Crippen LogP contribution in [0.3, 0.4) is 0 Å². The Bertz CT molecular complexity index is 2300. The number of rotatable bonds is 5. The lowest BCUT2D eigenvalue weighted by Crippen LogP contribution is -2.41. The lowest BCUT2D eigenvalue weighted by Gasteiger charge is -2.34. The van der Waals surface area contributed by atoms with Gasteiger partial charge >= 0.3 is 0 Å². The van der Waals surface area contributed by atoms with Gasteiger partial charge in [-0.2, -0.15) is 0 Å². The Morgan fingerprint density at radius 2 is 1.38 bits per heavy atom. The molecule has 0 fully saturated rings. The maximum absolute atomic E-state index is 6.76. The smallest absolute Gasteiger partial charge is 0.218 e. The molecule has 0 saturated carbocycles. The average Bonchev–Trinajstić information content (AvgIpc) is 3.51. The number of pyridine rings is 1. The largest absolute Gasteiger partial charge is 0.468 e. The fourth-order valence-electron chi connectivity index (χ4n) is 7.08. The second-order valence-corrected chi connectivity index (χ2v) is 16.7. The first kappa shape index (κ1) is 33.6. The number of aromatic nitrogens is 2. The van der Waals surface area contributed by atoms with Gasteiger partial charge in [0.2, 0.25) is 5.90 Å². The zero-order valence-corrected chi connectivity index (χ0v) is 31.4. The minimum Gasteiger partial charge on any atom is -0.468 e. The molecule has 0 spiro atoms. The van der Waals surface area contributed by atoms with Crippen LogP contribution < -0.4 is 4.74 Å². The fraction of sp³-hybridized carbons (Fsp3) is 0.333. The van der Waals surface area contributed by atoms with Crippen molar-refractivity contribution in [2.75, 3.05) is 0 Å². The van der Waals surface area contributed by atoms with E-state index in [-0.39, 0.29) is 10.8 Å². The van der Waals surface area contributed by atoms with Crippen molar-refractivity contribution in [1.82, 2.24) is 9.55 Å². The van der Waals surface area contributed by atoms with E-state index < -0.39 is 11.1 Å². The summed E-state index contributed by atoms with van der Waals surface area (Å²) in [4.78, 5) is 10.1. The summed E-state index contributed by atoms with van der Waals surface area (Å²) < 4.78 is 15.7. The fourth-order valence-corrected chi connectivity index (χ4v) is 7.08. The van der Waals surface area contributed by atoms with Crippen LogP contribution in [-0.4, -0.2) is 21.0 Å². The van der Waals surface area contributed by atoms with Gasteiger partial charge in [-0.1, -0.05) is 84.0 Å². The number of aliphatic imine (C=N–C) groups is 1. The summed E-state index contributed by atoms with van der Waals surface area (Å²) in [5.41, 5.74) is 7.86. The summed E-state index contributed by atoms with van der Waals surface area (Å²) in [6.45, 7) is 24.1. The number of benzene rings is 4. The molecule has 2 aromatic heterocycles. The molecule has 7 rings (SSSR count). The summed E-state index contributed by atoms with van der Waals surface area (Å²) in [5.74, 6) is 3.06. The third-order valence-corrected chi connectivity index (χ3v) is 10.6. The van der Waals surface area contributed by atoms with Crippen molar-refractivity contribution in [2.24, 2.45) is 4.99 Å². The SMILES string of the molecule is Cc1cc(C)c(C2=N[C@](C)(c3ccccc3)C(C)(C)O2)cc1Oc1ccc2c3cc(C(C)(C)C)ccc3n(-c3cc(C(C)(C)C)ccn3)c2c1. The van der Waals surface area contributed by atoms with Crippen LogP contribution in [0.5, 0.6) is 11.5 Å². The minimum atomic E-state index is -0.536. The Morgan fingerprint density at radius 3 is 2.08 bits per heavy atom. The van der Waals surface area contributed by atoms with Gasteiger partial charge in [0, 0.05) is 28.6 Å². The monoisotopic (exact) mass is 663 g/mol.